The third-order valence-corrected chi connectivity index (χ3v) is 4.56. The number of hydrogen-bond acceptors (Lipinski definition) is 2. The molecule has 1 aromatic carbocycles. The van der Waals surface area contributed by atoms with Crippen molar-refractivity contribution in [3.63, 3.8) is 0 Å². The number of halogens is 1. The molecule has 6 heteroatoms. The van der Waals surface area contributed by atoms with Gasteiger partial charge >= 0.3 is 0 Å². The predicted molar refractivity (Wildman–Crippen MR) is 86.2 cm³/mol. The van der Waals surface area contributed by atoms with E-state index in [0.29, 0.717) is 23.7 Å². The Morgan fingerprint density at radius 2 is 2.18 bits per heavy atom. The van der Waals surface area contributed by atoms with Gasteiger partial charge in [0.15, 0.2) is 0 Å². The highest BCUT2D eigenvalue weighted by Gasteiger charge is 2.35. The fraction of sp³-hybridized carbons (Fsp3) is 0.375. The van der Waals surface area contributed by atoms with E-state index in [1.54, 1.807) is 11.9 Å². The number of carbonyl (C=O) groups is 2. The number of likely N-dealkylation sites (tertiary alicyclic amines) is 1. The van der Waals surface area contributed by atoms with E-state index in [1.165, 1.54) is 0 Å². The summed E-state index contributed by atoms with van der Waals surface area (Å²) in [4.78, 5) is 29.4. The molecule has 116 valence electrons. The number of amides is 2. The van der Waals surface area contributed by atoms with E-state index in [1.807, 2.05) is 25.1 Å². The summed E-state index contributed by atoms with van der Waals surface area (Å²) in [5, 5.41) is 3.87. The molecule has 2 heterocycles. The molecule has 1 aliphatic rings. The van der Waals surface area contributed by atoms with Gasteiger partial charge in [-0.3, -0.25) is 9.59 Å². The maximum atomic E-state index is 12.8. The van der Waals surface area contributed by atoms with E-state index in [2.05, 4.69) is 10.3 Å². The van der Waals surface area contributed by atoms with Crippen molar-refractivity contribution in [2.45, 2.75) is 25.8 Å². The number of carbonyl (C=O) groups excluding carboxylic acids is 2. The van der Waals surface area contributed by atoms with Gasteiger partial charge in [0, 0.05) is 24.5 Å². The monoisotopic (exact) mass is 319 g/mol. The summed E-state index contributed by atoms with van der Waals surface area (Å²) in [6.07, 6.45) is 1.50. The highest BCUT2D eigenvalue weighted by atomic mass is 35.5. The number of rotatable bonds is 2. The van der Waals surface area contributed by atoms with Gasteiger partial charge in [0.1, 0.15) is 11.7 Å². The fourth-order valence-corrected chi connectivity index (χ4v) is 3.30. The molecule has 22 heavy (non-hydrogen) atoms. The zero-order chi connectivity index (χ0) is 15.9. The minimum atomic E-state index is -0.415. The number of nitrogens with one attached hydrogen (secondary N) is 2. The Labute approximate surface area is 133 Å². The van der Waals surface area contributed by atoms with E-state index in [9.17, 15) is 9.59 Å². The molecule has 0 spiro atoms. The van der Waals surface area contributed by atoms with Crippen LogP contribution in [0.15, 0.2) is 18.2 Å². The average molecular weight is 320 g/mol. The minimum Gasteiger partial charge on any atom is -0.357 e. The molecule has 2 aromatic rings. The maximum Gasteiger partial charge on any atom is 0.272 e. The summed E-state index contributed by atoms with van der Waals surface area (Å²) >= 11 is 6.38. The average Bonchev–Trinajstić information content (AvgIpc) is 3.11. The lowest BCUT2D eigenvalue weighted by molar-refractivity contribution is -0.124. The van der Waals surface area contributed by atoms with Crippen LogP contribution in [-0.2, 0) is 4.79 Å². The molecule has 2 N–H and O–H groups in total. The first-order valence-corrected chi connectivity index (χ1v) is 7.71. The van der Waals surface area contributed by atoms with E-state index in [-0.39, 0.29) is 11.8 Å². The van der Waals surface area contributed by atoms with Crippen molar-refractivity contribution in [1.82, 2.24) is 15.2 Å². The van der Waals surface area contributed by atoms with Gasteiger partial charge in [0.2, 0.25) is 5.91 Å². The molecular weight excluding hydrogens is 302 g/mol. The second kappa shape index (κ2) is 5.65. The van der Waals surface area contributed by atoms with Crippen LogP contribution in [0, 0.1) is 6.92 Å². The van der Waals surface area contributed by atoms with Gasteiger partial charge in [-0.05, 0) is 31.9 Å². The zero-order valence-corrected chi connectivity index (χ0v) is 13.3. The van der Waals surface area contributed by atoms with E-state index < -0.39 is 6.04 Å². The SMILES string of the molecule is CNC(=O)[C@@H]1CCCN1C(=O)c1[nH]c2ccc(C)cc2c1Cl. The summed E-state index contributed by atoms with van der Waals surface area (Å²) in [6.45, 7) is 2.55. The van der Waals surface area contributed by atoms with Crippen LogP contribution in [0.1, 0.15) is 28.9 Å². The molecule has 1 saturated heterocycles. The standard InChI is InChI=1S/C16H18ClN3O2/c1-9-5-6-11-10(8-9)13(17)14(19-11)16(22)20-7-3-4-12(20)15(21)18-2/h5-6,8,12,19H,3-4,7H2,1-2H3,(H,18,21)/t12-/m0/s1. The van der Waals surface area contributed by atoms with Crippen molar-refractivity contribution in [1.29, 1.82) is 0 Å². The number of aromatic amines is 1. The molecule has 0 radical (unpaired) electrons. The third kappa shape index (κ3) is 2.35. The Morgan fingerprint density at radius 1 is 1.41 bits per heavy atom. The number of H-pyrrole nitrogens is 1. The van der Waals surface area contributed by atoms with Crippen molar-refractivity contribution in [2.75, 3.05) is 13.6 Å². The number of fused-ring (bicyclic) bond motifs is 1. The molecule has 0 saturated carbocycles. The van der Waals surface area contributed by atoms with E-state index in [4.69, 9.17) is 11.6 Å². The molecule has 1 aliphatic heterocycles. The van der Waals surface area contributed by atoms with Crippen LogP contribution in [0.4, 0.5) is 0 Å². The van der Waals surface area contributed by atoms with Crippen molar-refractivity contribution in [3.8, 4) is 0 Å². The normalized spacial score (nSPS) is 18.0. The van der Waals surface area contributed by atoms with Gasteiger partial charge in [-0.2, -0.15) is 0 Å². The first-order chi connectivity index (χ1) is 10.5. The Balaban J connectivity index is 1.98. The van der Waals surface area contributed by atoms with Crippen molar-refractivity contribution >= 4 is 34.3 Å². The number of aromatic nitrogens is 1. The maximum absolute atomic E-state index is 12.8. The Bertz CT molecular complexity index is 753. The topological polar surface area (TPSA) is 65.2 Å². The van der Waals surface area contributed by atoms with Crippen LogP contribution in [0.2, 0.25) is 5.02 Å². The first kappa shape index (κ1) is 14.9. The number of likely N-dealkylation sites (N-methyl/N-ethyl adjacent to an activating group) is 1. The van der Waals surface area contributed by atoms with Crippen LogP contribution in [0.5, 0.6) is 0 Å². The van der Waals surface area contributed by atoms with Crippen LogP contribution in [0.25, 0.3) is 10.9 Å². The molecule has 1 fully saturated rings. The molecular formula is C16H18ClN3O2. The van der Waals surface area contributed by atoms with Crippen LogP contribution in [0.3, 0.4) is 0 Å². The van der Waals surface area contributed by atoms with E-state index in [0.717, 1.165) is 22.9 Å². The Kier molecular flexibility index (Phi) is 3.83. The van der Waals surface area contributed by atoms with Crippen molar-refractivity contribution in [2.24, 2.45) is 0 Å². The van der Waals surface area contributed by atoms with Crippen LogP contribution < -0.4 is 5.32 Å². The largest absolute Gasteiger partial charge is 0.357 e. The van der Waals surface area contributed by atoms with Gasteiger partial charge < -0.3 is 15.2 Å². The highest BCUT2D eigenvalue weighted by molar-refractivity contribution is 6.38. The summed E-state index contributed by atoms with van der Waals surface area (Å²) in [5.74, 6) is -0.348. The molecule has 5 nitrogen and oxygen atoms in total. The minimum absolute atomic E-state index is 0.131. The predicted octanol–water partition coefficient (Wildman–Crippen LogP) is 2.48. The Hall–Kier alpha value is -2.01. The Morgan fingerprint density at radius 3 is 2.91 bits per heavy atom. The molecule has 1 atom stereocenters. The lowest BCUT2D eigenvalue weighted by Crippen LogP contribution is -2.45. The molecule has 0 bridgehead atoms. The molecule has 3 rings (SSSR count). The summed E-state index contributed by atoms with van der Waals surface area (Å²) in [7, 11) is 1.59. The molecule has 1 aromatic heterocycles. The van der Waals surface area contributed by atoms with Gasteiger partial charge in [-0.1, -0.05) is 23.2 Å². The zero-order valence-electron chi connectivity index (χ0n) is 12.6. The quantitative estimate of drug-likeness (QED) is 0.893. The lowest BCUT2D eigenvalue weighted by atomic mass is 10.2. The smallest absolute Gasteiger partial charge is 0.272 e. The number of aryl methyl sites for hydroxylation is 1. The molecule has 2 amide bonds. The van der Waals surface area contributed by atoms with Crippen molar-refractivity contribution < 1.29 is 9.59 Å². The summed E-state index contributed by atoms with van der Waals surface area (Å²) in [5.41, 5.74) is 2.27. The second-order valence-corrected chi connectivity index (χ2v) is 6.01. The molecule has 0 unspecified atom stereocenters. The second-order valence-electron chi connectivity index (χ2n) is 5.63. The van der Waals surface area contributed by atoms with Gasteiger partial charge in [0.05, 0.1) is 5.02 Å². The first-order valence-electron chi connectivity index (χ1n) is 7.33. The van der Waals surface area contributed by atoms with Crippen molar-refractivity contribution in [3.05, 3.63) is 34.5 Å². The van der Waals surface area contributed by atoms with Gasteiger partial charge in [-0.25, -0.2) is 0 Å². The fourth-order valence-electron chi connectivity index (χ4n) is 3.01. The highest BCUT2D eigenvalue weighted by Crippen LogP contribution is 2.30. The summed E-state index contributed by atoms with van der Waals surface area (Å²) < 4.78 is 0. The number of nitrogens with zero attached hydrogens (tertiary/aromatic N) is 1. The number of hydrogen-bond donors (Lipinski definition) is 2. The van der Waals surface area contributed by atoms with Crippen LogP contribution >= 0.6 is 11.6 Å². The van der Waals surface area contributed by atoms with Gasteiger partial charge in [-0.15, -0.1) is 0 Å². The van der Waals surface area contributed by atoms with E-state index >= 15 is 0 Å². The van der Waals surface area contributed by atoms with Gasteiger partial charge in [0.25, 0.3) is 5.91 Å². The number of benzene rings is 1. The van der Waals surface area contributed by atoms with Crippen LogP contribution in [-0.4, -0.2) is 41.3 Å². The third-order valence-electron chi connectivity index (χ3n) is 4.17. The lowest BCUT2D eigenvalue weighted by Gasteiger charge is -2.22. The molecule has 0 aliphatic carbocycles. The summed E-state index contributed by atoms with van der Waals surface area (Å²) in [6, 6.07) is 5.41.